The van der Waals surface area contributed by atoms with Crippen LogP contribution in [-0.2, 0) is 16.1 Å². The highest BCUT2D eigenvalue weighted by molar-refractivity contribution is 6.62. The maximum atomic E-state index is 10.9. The first-order valence-electron chi connectivity index (χ1n) is 5.84. The molecule has 0 fully saturated rings. The third kappa shape index (κ3) is 2.49. The number of rotatable bonds is 5. The second-order valence-corrected chi connectivity index (χ2v) is 4.05. The van der Waals surface area contributed by atoms with Gasteiger partial charge in [0.25, 0.3) is 0 Å². The Hall–Kier alpha value is -1.53. The zero-order valence-electron chi connectivity index (χ0n) is 10.4. The van der Waals surface area contributed by atoms with Crippen LogP contribution in [0.2, 0.25) is 0 Å². The molecule has 1 N–H and O–H groups in total. The Morgan fingerprint density at radius 2 is 2.28 bits per heavy atom. The topological polar surface area (TPSA) is 65.0 Å². The molecular formula is C12H15BO5. The molecule has 0 aliphatic carbocycles. The maximum absolute atomic E-state index is 10.9. The molecule has 0 saturated heterocycles. The van der Waals surface area contributed by atoms with E-state index in [1.165, 1.54) is 6.92 Å². The van der Waals surface area contributed by atoms with Gasteiger partial charge in [0.15, 0.2) is 17.3 Å². The Morgan fingerprint density at radius 3 is 2.94 bits per heavy atom. The van der Waals surface area contributed by atoms with E-state index in [9.17, 15) is 9.82 Å². The largest absolute Gasteiger partial charge is 0.495 e. The lowest BCUT2D eigenvalue weighted by atomic mass is 9.78. The van der Waals surface area contributed by atoms with Gasteiger partial charge in [0.05, 0.1) is 13.2 Å². The second-order valence-electron chi connectivity index (χ2n) is 4.05. The molecule has 0 aromatic heterocycles. The summed E-state index contributed by atoms with van der Waals surface area (Å²) in [4.78, 5) is 10.9. The van der Waals surface area contributed by atoms with Crippen molar-refractivity contribution in [3.8, 4) is 11.5 Å². The van der Waals surface area contributed by atoms with E-state index in [2.05, 4.69) is 0 Å². The molecule has 0 spiro atoms. The maximum Gasteiger partial charge on any atom is 0.495 e. The zero-order chi connectivity index (χ0) is 13.1. The molecule has 1 aliphatic heterocycles. The van der Waals surface area contributed by atoms with Gasteiger partial charge in [-0.05, 0) is 25.5 Å². The van der Waals surface area contributed by atoms with Crippen LogP contribution in [0.25, 0.3) is 0 Å². The number of carbonyl (C=O) groups excluding carboxylic acids is 1. The third-order valence-electron chi connectivity index (χ3n) is 2.61. The summed E-state index contributed by atoms with van der Waals surface area (Å²) in [6, 6.07) is 3.54. The lowest BCUT2D eigenvalue weighted by molar-refractivity contribution is -0.118. The molecule has 96 valence electrons. The van der Waals surface area contributed by atoms with Crippen molar-refractivity contribution in [3.05, 3.63) is 17.7 Å². The van der Waals surface area contributed by atoms with Crippen LogP contribution in [0.5, 0.6) is 11.5 Å². The first kappa shape index (κ1) is 12.9. The molecule has 0 radical (unpaired) electrons. The number of carbonyl (C=O) groups is 1. The van der Waals surface area contributed by atoms with Crippen LogP contribution in [0.4, 0.5) is 0 Å². The highest BCUT2D eigenvalue weighted by Gasteiger charge is 2.33. The van der Waals surface area contributed by atoms with Crippen molar-refractivity contribution >= 4 is 18.4 Å². The summed E-state index contributed by atoms with van der Waals surface area (Å²) < 4.78 is 16.0. The van der Waals surface area contributed by atoms with Gasteiger partial charge in [-0.2, -0.15) is 0 Å². The van der Waals surface area contributed by atoms with Crippen LogP contribution < -0.4 is 14.9 Å². The molecule has 1 aromatic rings. The van der Waals surface area contributed by atoms with Gasteiger partial charge in [0.1, 0.15) is 6.61 Å². The van der Waals surface area contributed by atoms with E-state index in [0.29, 0.717) is 30.2 Å². The van der Waals surface area contributed by atoms with Gasteiger partial charge in [0.2, 0.25) is 0 Å². The van der Waals surface area contributed by atoms with Crippen molar-refractivity contribution in [2.24, 2.45) is 0 Å². The minimum Gasteiger partial charge on any atom is -0.490 e. The number of fused-ring (bicyclic) bond motifs is 1. The molecule has 0 amide bonds. The Kier molecular flexibility index (Phi) is 3.89. The minimum atomic E-state index is -0.998. The summed E-state index contributed by atoms with van der Waals surface area (Å²) in [6.07, 6.45) is 0. The predicted molar refractivity (Wildman–Crippen MR) is 66.2 cm³/mol. The fraction of sp³-hybridized carbons (Fsp3) is 0.417. The molecule has 1 heterocycles. The summed E-state index contributed by atoms with van der Waals surface area (Å²) in [6.45, 7) is 4.07. The highest BCUT2D eigenvalue weighted by Crippen LogP contribution is 2.29. The molecule has 2 rings (SSSR count). The Bertz CT molecular complexity index is 460. The molecule has 1 aromatic carbocycles. The average Bonchev–Trinajstić information content (AvgIpc) is 2.70. The molecule has 18 heavy (non-hydrogen) atoms. The average molecular weight is 250 g/mol. The van der Waals surface area contributed by atoms with Crippen LogP contribution in [0, 0.1) is 0 Å². The molecule has 0 atom stereocenters. The van der Waals surface area contributed by atoms with Crippen molar-refractivity contribution in [2.45, 2.75) is 20.5 Å². The lowest BCUT2D eigenvalue weighted by Gasteiger charge is -2.14. The van der Waals surface area contributed by atoms with Gasteiger partial charge in [-0.3, -0.25) is 4.79 Å². The number of ketones is 1. The molecule has 0 bridgehead atoms. The van der Waals surface area contributed by atoms with E-state index < -0.39 is 7.12 Å². The number of hydrogen-bond acceptors (Lipinski definition) is 5. The van der Waals surface area contributed by atoms with Crippen LogP contribution in [0.3, 0.4) is 0 Å². The quantitative estimate of drug-likeness (QED) is 0.760. The summed E-state index contributed by atoms with van der Waals surface area (Å²) in [5.41, 5.74) is 1.47. The van der Waals surface area contributed by atoms with E-state index in [0.717, 1.165) is 5.56 Å². The van der Waals surface area contributed by atoms with E-state index >= 15 is 0 Å². The molecular weight excluding hydrogens is 235 g/mol. The summed E-state index contributed by atoms with van der Waals surface area (Å²) in [7, 11) is -0.998. The number of ether oxygens (including phenoxy) is 2. The summed E-state index contributed by atoms with van der Waals surface area (Å²) >= 11 is 0. The summed E-state index contributed by atoms with van der Waals surface area (Å²) in [5, 5.41) is 9.77. The second kappa shape index (κ2) is 5.41. The fourth-order valence-electron chi connectivity index (χ4n) is 1.86. The van der Waals surface area contributed by atoms with Crippen molar-refractivity contribution in [1.29, 1.82) is 0 Å². The molecule has 0 unspecified atom stereocenters. The van der Waals surface area contributed by atoms with E-state index in [1.807, 2.05) is 13.0 Å². The van der Waals surface area contributed by atoms with Crippen LogP contribution in [0.15, 0.2) is 12.1 Å². The van der Waals surface area contributed by atoms with Gasteiger partial charge >= 0.3 is 7.12 Å². The van der Waals surface area contributed by atoms with Gasteiger partial charge < -0.3 is 19.2 Å². The molecule has 5 nitrogen and oxygen atoms in total. The van der Waals surface area contributed by atoms with Gasteiger partial charge in [-0.15, -0.1) is 0 Å². The van der Waals surface area contributed by atoms with Gasteiger partial charge in [-0.25, -0.2) is 0 Å². The highest BCUT2D eigenvalue weighted by atomic mass is 16.5. The van der Waals surface area contributed by atoms with E-state index in [4.69, 9.17) is 14.1 Å². The molecule has 6 heteroatoms. The van der Waals surface area contributed by atoms with Crippen molar-refractivity contribution < 1.29 is 23.9 Å². The van der Waals surface area contributed by atoms with Crippen molar-refractivity contribution in [2.75, 3.05) is 13.2 Å². The fourth-order valence-corrected chi connectivity index (χ4v) is 1.86. The number of benzene rings is 1. The SMILES string of the molecule is CCOc1c(OCC(C)=O)ccc2c1B(O)OC2. The first-order valence-corrected chi connectivity index (χ1v) is 5.84. The lowest BCUT2D eigenvalue weighted by Crippen LogP contribution is -2.30. The monoisotopic (exact) mass is 250 g/mol. The van der Waals surface area contributed by atoms with E-state index in [-0.39, 0.29) is 12.4 Å². The smallest absolute Gasteiger partial charge is 0.490 e. The van der Waals surface area contributed by atoms with Gasteiger partial charge in [0, 0.05) is 5.46 Å². The Balaban J connectivity index is 2.34. The molecule has 1 aliphatic rings. The summed E-state index contributed by atoms with van der Waals surface area (Å²) in [5.74, 6) is 0.839. The van der Waals surface area contributed by atoms with Crippen LogP contribution >= 0.6 is 0 Å². The standard InChI is InChI=1S/C12H15BO5/c1-3-16-12-10(17-6-8(2)14)5-4-9-7-18-13(15)11(9)12/h4-5,15H,3,6-7H2,1-2H3. The normalized spacial score (nSPS) is 13.4. The van der Waals surface area contributed by atoms with Crippen molar-refractivity contribution in [3.63, 3.8) is 0 Å². The first-order chi connectivity index (χ1) is 8.63. The predicted octanol–water partition coefficient (Wildman–Crippen LogP) is 0.271. The van der Waals surface area contributed by atoms with Crippen LogP contribution in [-0.4, -0.2) is 31.1 Å². The van der Waals surface area contributed by atoms with E-state index in [1.54, 1.807) is 6.07 Å². The third-order valence-corrected chi connectivity index (χ3v) is 2.61. The Morgan fingerprint density at radius 1 is 1.50 bits per heavy atom. The molecule has 0 saturated carbocycles. The zero-order valence-corrected chi connectivity index (χ0v) is 10.4. The number of Topliss-reactive ketones (excluding diaryl/α,β-unsaturated/α-hetero) is 1. The van der Waals surface area contributed by atoms with Gasteiger partial charge in [-0.1, -0.05) is 6.07 Å². The number of hydrogen-bond donors (Lipinski definition) is 1. The van der Waals surface area contributed by atoms with Crippen LogP contribution in [0.1, 0.15) is 19.4 Å². The Labute approximate surface area is 106 Å². The minimum absolute atomic E-state index is 0.0180. The van der Waals surface area contributed by atoms with Crippen molar-refractivity contribution in [1.82, 2.24) is 0 Å².